The molecule has 0 fully saturated rings. The second kappa shape index (κ2) is 3.61. The van der Waals surface area contributed by atoms with Gasteiger partial charge >= 0.3 is 0 Å². The third-order valence-electron chi connectivity index (χ3n) is 1.000. The van der Waals surface area contributed by atoms with E-state index in [0.717, 1.165) is 0 Å². The lowest BCUT2D eigenvalue weighted by molar-refractivity contribution is 0.530. The molecule has 0 aliphatic carbocycles. The van der Waals surface area contributed by atoms with Crippen LogP contribution in [-0.4, -0.2) is 0 Å². The monoisotopic (exact) mass is 231 g/mol. The number of hydrogen-bond acceptors (Lipinski definition) is 2. The largest absolute Gasteiger partial charge is 0.448 e. The van der Waals surface area contributed by atoms with Gasteiger partial charge in [0.25, 0.3) is 0 Å². The van der Waals surface area contributed by atoms with Gasteiger partial charge in [-0.15, -0.1) is 0 Å². The Labute approximate surface area is 77.2 Å². The summed E-state index contributed by atoms with van der Waals surface area (Å²) < 4.78 is 5.66. The van der Waals surface area contributed by atoms with E-state index in [9.17, 15) is 0 Å². The average molecular weight is 232 g/mol. The molecule has 1 aromatic rings. The van der Waals surface area contributed by atoms with Crippen molar-refractivity contribution in [2.24, 2.45) is 0 Å². The smallest absolute Gasteiger partial charge is 0.169 e. The van der Waals surface area contributed by atoms with Crippen LogP contribution in [0.3, 0.4) is 0 Å². The molecule has 0 amide bonds. The fraction of sp³-hybridized carbons (Fsp3) is 0. The van der Waals surface area contributed by atoms with Crippen LogP contribution in [0.1, 0.15) is 5.76 Å². The average Bonchev–Trinajstić information content (AvgIpc) is 2.36. The molecule has 4 heteroatoms. The summed E-state index contributed by atoms with van der Waals surface area (Å²) >= 11 is 8.76. The SMILES string of the molecule is N#C/C=C(/Cl)c1ccc(Br)o1. The molecule has 0 radical (unpaired) electrons. The van der Waals surface area contributed by atoms with Gasteiger partial charge in [0.15, 0.2) is 4.67 Å². The highest BCUT2D eigenvalue weighted by atomic mass is 79.9. The zero-order chi connectivity index (χ0) is 8.27. The van der Waals surface area contributed by atoms with Crippen molar-refractivity contribution in [3.05, 3.63) is 28.6 Å². The topological polar surface area (TPSA) is 36.9 Å². The van der Waals surface area contributed by atoms with Gasteiger partial charge in [-0.1, -0.05) is 11.6 Å². The fourth-order valence-electron chi connectivity index (χ4n) is 0.570. The molecular formula is C7H3BrClNO. The number of nitriles is 1. The molecule has 0 saturated carbocycles. The minimum absolute atomic E-state index is 0.304. The number of allylic oxidation sites excluding steroid dienone is 1. The van der Waals surface area contributed by atoms with Gasteiger partial charge in [-0.05, 0) is 28.1 Å². The van der Waals surface area contributed by atoms with Crippen LogP contribution in [0, 0.1) is 11.3 Å². The number of furan rings is 1. The first-order valence-electron chi connectivity index (χ1n) is 2.75. The zero-order valence-electron chi connectivity index (χ0n) is 5.34. The standard InChI is InChI=1S/C7H3BrClNO/c8-7-2-1-6(11-7)5(9)3-4-10/h1-3H/b5-3+. The second-order valence-corrected chi connectivity index (χ2v) is 2.91. The van der Waals surface area contributed by atoms with Crippen LogP contribution in [0.5, 0.6) is 0 Å². The Morgan fingerprint density at radius 1 is 1.73 bits per heavy atom. The minimum Gasteiger partial charge on any atom is -0.448 e. The van der Waals surface area contributed by atoms with Crippen molar-refractivity contribution in [3.63, 3.8) is 0 Å². The summed E-state index contributed by atoms with van der Waals surface area (Å²) in [7, 11) is 0. The van der Waals surface area contributed by atoms with E-state index in [-0.39, 0.29) is 0 Å². The highest BCUT2D eigenvalue weighted by Gasteiger charge is 2.02. The molecule has 0 N–H and O–H groups in total. The highest BCUT2D eigenvalue weighted by molar-refractivity contribution is 9.10. The third kappa shape index (κ3) is 2.11. The number of halogens is 2. The van der Waals surface area contributed by atoms with E-state index in [0.29, 0.717) is 15.5 Å². The number of hydrogen-bond donors (Lipinski definition) is 0. The molecule has 1 aromatic heterocycles. The Balaban J connectivity index is 2.95. The summed E-state index contributed by atoms with van der Waals surface area (Å²) in [4.78, 5) is 0. The van der Waals surface area contributed by atoms with Crippen LogP contribution < -0.4 is 0 Å². The quantitative estimate of drug-likeness (QED) is 0.698. The van der Waals surface area contributed by atoms with Crippen LogP contribution in [0.25, 0.3) is 5.03 Å². The molecule has 56 valence electrons. The van der Waals surface area contributed by atoms with E-state index in [1.807, 2.05) is 0 Å². The molecule has 1 heterocycles. The lowest BCUT2D eigenvalue weighted by Crippen LogP contribution is -1.66. The summed E-state index contributed by atoms with van der Waals surface area (Å²) in [6.45, 7) is 0. The zero-order valence-corrected chi connectivity index (χ0v) is 7.69. The molecule has 0 aromatic carbocycles. The molecule has 0 unspecified atom stereocenters. The Bertz CT molecular complexity index is 323. The highest BCUT2D eigenvalue weighted by Crippen LogP contribution is 2.23. The number of rotatable bonds is 1. The van der Waals surface area contributed by atoms with Crippen LogP contribution in [0.15, 0.2) is 27.3 Å². The van der Waals surface area contributed by atoms with E-state index in [1.54, 1.807) is 18.2 Å². The van der Waals surface area contributed by atoms with Crippen molar-refractivity contribution in [1.29, 1.82) is 5.26 Å². The Hall–Kier alpha value is -0.720. The van der Waals surface area contributed by atoms with Gasteiger partial charge in [0, 0.05) is 6.08 Å². The molecule has 0 aliphatic heterocycles. The molecule has 0 spiro atoms. The molecule has 0 atom stereocenters. The van der Waals surface area contributed by atoms with Crippen LogP contribution in [0.4, 0.5) is 0 Å². The minimum atomic E-state index is 0.304. The lowest BCUT2D eigenvalue weighted by Gasteiger charge is -1.87. The van der Waals surface area contributed by atoms with Crippen LogP contribution in [0.2, 0.25) is 0 Å². The van der Waals surface area contributed by atoms with Gasteiger partial charge in [-0.3, -0.25) is 0 Å². The lowest BCUT2D eigenvalue weighted by atomic mass is 10.4. The van der Waals surface area contributed by atoms with Crippen molar-refractivity contribution in [2.45, 2.75) is 0 Å². The van der Waals surface area contributed by atoms with E-state index in [4.69, 9.17) is 21.3 Å². The van der Waals surface area contributed by atoms with Gasteiger partial charge in [0.1, 0.15) is 5.76 Å². The van der Waals surface area contributed by atoms with Crippen molar-refractivity contribution in [1.82, 2.24) is 0 Å². The summed E-state index contributed by atoms with van der Waals surface area (Å²) in [5.74, 6) is 0.486. The molecule has 0 saturated heterocycles. The van der Waals surface area contributed by atoms with Gasteiger partial charge in [-0.2, -0.15) is 5.26 Å². The van der Waals surface area contributed by atoms with Gasteiger partial charge in [0.05, 0.1) is 11.1 Å². The summed E-state index contributed by atoms with van der Waals surface area (Å²) in [6, 6.07) is 5.20. The van der Waals surface area contributed by atoms with E-state index < -0.39 is 0 Å². The summed E-state index contributed by atoms with van der Waals surface area (Å²) in [5.41, 5.74) is 0. The van der Waals surface area contributed by atoms with Crippen molar-refractivity contribution in [2.75, 3.05) is 0 Å². The molecule has 2 nitrogen and oxygen atoms in total. The first kappa shape index (κ1) is 8.38. The maximum atomic E-state index is 8.24. The predicted octanol–water partition coefficient (Wildman–Crippen LogP) is 3.15. The third-order valence-corrected chi connectivity index (χ3v) is 1.72. The van der Waals surface area contributed by atoms with Crippen molar-refractivity contribution >= 4 is 32.6 Å². The van der Waals surface area contributed by atoms with Crippen molar-refractivity contribution < 1.29 is 4.42 Å². The Morgan fingerprint density at radius 2 is 2.45 bits per heavy atom. The van der Waals surface area contributed by atoms with E-state index in [1.165, 1.54) is 6.08 Å². The maximum absolute atomic E-state index is 8.24. The van der Waals surface area contributed by atoms with Gasteiger partial charge in [-0.25, -0.2) is 0 Å². The first-order valence-corrected chi connectivity index (χ1v) is 3.92. The predicted molar refractivity (Wildman–Crippen MR) is 45.9 cm³/mol. The Kier molecular flexibility index (Phi) is 2.75. The molecule has 0 aliphatic rings. The van der Waals surface area contributed by atoms with Gasteiger partial charge < -0.3 is 4.42 Å². The first-order chi connectivity index (χ1) is 5.24. The summed E-state index contributed by atoms with van der Waals surface area (Å²) in [6.07, 6.45) is 1.22. The van der Waals surface area contributed by atoms with E-state index >= 15 is 0 Å². The molecule has 0 bridgehead atoms. The van der Waals surface area contributed by atoms with Crippen LogP contribution in [-0.2, 0) is 0 Å². The molecule has 11 heavy (non-hydrogen) atoms. The van der Waals surface area contributed by atoms with Crippen LogP contribution >= 0.6 is 27.5 Å². The molecule has 1 rings (SSSR count). The fourth-order valence-corrected chi connectivity index (χ4v) is 1.03. The van der Waals surface area contributed by atoms with E-state index in [2.05, 4.69) is 15.9 Å². The molecular weight excluding hydrogens is 229 g/mol. The normalized spacial score (nSPS) is 11.2. The van der Waals surface area contributed by atoms with Crippen molar-refractivity contribution in [3.8, 4) is 6.07 Å². The second-order valence-electron chi connectivity index (χ2n) is 1.73. The van der Waals surface area contributed by atoms with Gasteiger partial charge in [0.2, 0.25) is 0 Å². The number of nitrogens with zero attached hydrogens (tertiary/aromatic N) is 1. The maximum Gasteiger partial charge on any atom is 0.169 e. The Morgan fingerprint density at radius 3 is 2.91 bits per heavy atom. The summed E-state index contributed by atoms with van der Waals surface area (Å²) in [5, 5.41) is 8.54.